The number of aliphatic imine (C=N–C) groups is 1. The van der Waals surface area contributed by atoms with Crippen LogP contribution >= 0.6 is 0 Å². The molecule has 0 saturated carbocycles. The summed E-state index contributed by atoms with van der Waals surface area (Å²) in [6, 6.07) is 0. The molecule has 0 aromatic rings. The minimum atomic E-state index is -0.0660. The van der Waals surface area contributed by atoms with Crippen molar-refractivity contribution in [1.82, 2.24) is 0 Å². The first-order valence-corrected chi connectivity index (χ1v) is 2.98. The van der Waals surface area contributed by atoms with Crippen LogP contribution in [0.5, 0.6) is 0 Å². The van der Waals surface area contributed by atoms with Crippen molar-refractivity contribution in [2.24, 2.45) is 4.99 Å². The molecule has 0 bridgehead atoms. The van der Waals surface area contributed by atoms with Crippen molar-refractivity contribution in [3.63, 3.8) is 0 Å². The highest BCUT2D eigenvalue weighted by atomic mass is 16.5. The average Bonchev–Trinajstić information content (AvgIpc) is 2.16. The standard InChI is InChI=1S/C6H11N2O/c1-2-4-8(9)5-3-7-6-8/h2,6,9H,1,3-5H2/q+1. The summed E-state index contributed by atoms with van der Waals surface area (Å²) in [6.07, 6.45) is 3.25. The average molecular weight is 127 g/mol. The van der Waals surface area contributed by atoms with E-state index in [9.17, 15) is 5.21 Å². The highest BCUT2D eigenvalue weighted by molar-refractivity contribution is 5.47. The molecule has 50 valence electrons. The second kappa shape index (κ2) is 2.29. The van der Waals surface area contributed by atoms with Crippen molar-refractivity contribution in [3.8, 4) is 0 Å². The number of hydrogen-bond acceptors (Lipinski definition) is 2. The zero-order valence-corrected chi connectivity index (χ0v) is 5.32. The molecule has 9 heavy (non-hydrogen) atoms. The van der Waals surface area contributed by atoms with Crippen LogP contribution in [-0.2, 0) is 0 Å². The largest absolute Gasteiger partial charge is 0.233 e. The molecule has 0 aromatic carbocycles. The molecule has 1 N–H and O–H groups in total. The molecule has 1 heterocycles. The van der Waals surface area contributed by atoms with Crippen molar-refractivity contribution < 1.29 is 9.85 Å². The van der Waals surface area contributed by atoms with Gasteiger partial charge in [0.05, 0.1) is 6.54 Å². The second-order valence-electron chi connectivity index (χ2n) is 2.20. The van der Waals surface area contributed by atoms with Crippen LogP contribution in [0.2, 0.25) is 0 Å². The maximum Gasteiger partial charge on any atom is 0.218 e. The monoisotopic (exact) mass is 127 g/mol. The summed E-state index contributed by atoms with van der Waals surface area (Å²) < 4.78 is -0.0660. The highest BCUT2D eigenvalue weighted by Gasteiger charge is 2.24. The van der Waals surface area contributed by atoms with Crippen molar-refractivity contribution >= 4 is 6.34 Å². The molecular weight excluding hydrogens is 116 g/mol. The molecule has 0 amide bonds. The Balaban J connectivity index is 2.51. The molecule has 0 spiro atoms. The first-order valence-electron chi connectivity index (χ1n) is 2.98. The molecule has 1 rings (SSSR count). The molecule has 0 aliphatic carbocycles. The lowest BCUT2D eigenvalue weighted by molar-refractivity contribution is -1.02. The van der Waals surface area contributed by atoms with E-state index >= 15 is 0 Å². The lowest BCUT2D eigenvalue weighted by Crippen LogP contribution is -2.41. The Bertz CT molecular complexity index is 144. The van der Waals surface area contributed by atoms with Gasteiger partial charge in [-0.1, -0.05) is 6.58 Å². The predicted octanol–water partition coefficient (Wildman–Crippen LogP) is 0.420. The van der Waals surface area contributed by atoms with E-state index in [0.717, 1.165) is 6.54 Å². The summed E-state index contributed by atoms with van der Waals surface area (Å²) in [5.41, 5.74) is 0. The van der Waals surface area contributed by atoms with Crippen molar-refractivity contribution in [2.45, 2.75) is 0 Å². The number of quaternary nitrogens is 1. The molecule has 1 unspecified atom stereocenters. The zero-order valence-electron chi connectivity index (χ0n) is 5.32. The number of hydroxylamine groups is 3. The van der Waals surface area contributed by atoms with E-state index < -0.39 is 0 Å². The van der Waals surface area contributed by atoms with Gasteiger partial charge >= 0.3 is 0 Å². The quantitative estimate of drug-likeness (QED) is 0.423. The predicted molar refractivity (Wildman–Crippen MR) is 35.3 cm³/mol. The van der Waals surface area contributed by atoms with E-state index in [1.807, 2.05) is 0 Å². The van der Waals surface area contributed by atoms with Gasteiger partial charge in [0.25, 0.3) is 0 Å². The Kier molecular flexibility index (Phi) is 1.64. The Hall–Kier alpha value is -0.670. The molecule has 1 aliphatic heterocycles. The molecule has 0 aromatic heterocycles. The third-order valence-electron chi connectivity index (χ3n) is 1.36. The third-order valence-corrected chi connectivity index (χ3v) is 1.36. The van der Waals surface area contributed by atoms with E-state index in [1.54, 1.807) is 12.4 Å². The lowest BCUT2D eigenvalue weighted by Gasteiger charge is -2.17. The minimum absolute atomic E-state index is 0.0660. The van der Waals surface area contributed by atoms with Crippen LogP contribution in [0.25, 0.3) is 0 Å². The fourth-order valence-electron chi connectivity index (χ4n) is 0.860. The van der Waals surface area contributed by atoms with Gasteiger partial charge in [-0.05, 0) is 6.08 Å². The van der Waals surface area contributed by atoms with Gasteiger partial charge < -0.3 is 0 Å². The second-order valence-corrected chi connectivity index (χ2v) is 2.20. The van der Waals surface area contributed by atoms with Gasteiger partial charge in [0.1, 0.15) is 13.1 Å². The van der Waals surface area contributed by atoms with Crippen molar-refractivity contribution in [3.05, 3.63) is 12.7 Å². The van der Waals surface area contributed by atoms with E-state index in [2.05, 4.69) is 11.6 Å². The number of hydrogen-bond donors (Lipinski definition) is 1. The molecule has 0 radical (unpaired) electrons. The number of rotatable bonds is 2. The Morgan fingerprint density at radius 3 is 3.11 bits per heavy atom. The Morgan fingerprint density at radius 2 is 2.67 bits per heavy atom. The van der Waals surface area contributed by atoms with E-state index in [1.165, 1.54) is 0 Å². The fraction of sp³-hybridized carbons (Fsp3) is 0.500. The third kappa shape index (κ3) is 1.37. The van der Waals surface area contributed by atoms with Gasteiger partial charge in [0, 0.05) is 0 Å². The summed E-state index contributed by atoms with van der Waals surface area (Å²) in [7, 11) is 0. The summed E-state index contributed by atoms with van der Waals surface area (Å²) >= 11 is 0. The van der Waals surface area contributed by atoms with Crippen LogP contribution in [0.4, 0.5) is 0 Å². The minimum Gasteiger partial charge on any atom is -0.233 e. The normalized spacial score (nSPS) is 33.0. The number of nitrogens with zero attached hydrogens (tertiary/aromatic N) is 2. The van der Waals surface area contributed by atoms with E-state index in [4.69, 9.17) is 0 Å². The van der Waals surface area contributed by atoms with Crippen LogP contribution in [-0.4, -0.2) is 35.8 Å². The smallest absolute Gasteiger partial charge is 0.218 e. The van der Waals surface area contributed by atoms with Crippen LogP contribution in [0.15, 0.2) is 17.6 Å². The van der Waals surface area contributed by atoms with Crippen molar-refractivity contribution in [1.29, 1.82) is 0 Å². The van der Waals surface area contributed by atoms with Crippen LogP contribution < -0.4 is 0 Å². The van der Waals surface area contributed by atoms with Crippen LogP contribution in [0, 0.1) is 0 Å². The van der Waals surface area contributed by atoms with E-state index in [0.29, 0.717) is 13.1 Å². The van der Waals surface area contributed by atoms with Crippen LogP contribution in [0.1, 0.15) is 0 Å². The molecule has 0 saturated heterocycles. The van der Waals surface area contributed by atoms with Gasteiger partial charge in [-0.15, -0.1) is 4.65 Å². The molecule has 0 fully saturated rings. The molecule has 3 heteroatoms. The molecule has 1 aliphatic rings. The fourth-order valence-corrected chi connectivity index (χ4v) is 0.860. The maximum atomic E-state index is 9.41. The highest BCUT2D eigenvalue weighted by Crippen LogP contribution is 2.02. The maximum absolute atomic E-state index is 9.41. The Morgan fingerprint density at radius 1 is 1.89 bits per heavy atom. The SMILES string of the molecule is C=CC[N+]1(O)C=NCC1. The zero-order chi connectivity index (χ0) is 6.74. The summed E-state index contributed by atoms with van der Waals surface area (Å²) in [5.74, 6) is 0. The topological polar surface area (TPSA) is 32.6 Å². The van der Waals surface area contributed by atoms with Gasteiger partial charge in [-0.3, -0.25) is 0 Å². The van der Waals surface area contributed by atoms with Gasteiger partial charge in [-0.2, -0.15) is 0 Å². The molecular formula is C6H11N2O+. The summed E-state index contributed by atoms with van der Waals surface area (Å²) in [6.45, 7) is 5.50. The van der Waals surface area contributed by atoms with Crippen molar-refractivity contribution in [2.75, 3.05) is 19.6 Å². The first kappa shape index (κ1) is 6.45. The summed E-state index contributed by atoms with van der Waals surface area (Å²) in [4.78, 5) is 3.90. The van der Waals surface area contributed by atoms with Gasteiger partial charge in [-0.25, -0.2) is 10.2 Å². The lowest BCUT2D eigenvalue weighted by atomic mass is 10.5. The van der Waals surface area contributed by atoms with E-state index in [-0.39, 0.29) is 4.65 Å². The van der Waals surface area contributed by atoms with Gasteiger partial charge in [0.15, 0.2) is 0 Å². The summed E-state index contributed by atoms with van der Waals surface area (Å²) in [5, 5.41) is 9.41. The molecule has 1 atom stereocenters. The molecule has 3 nitrogen and oxygen atoms in total. The van der Waals surface area contributed by atoms with Gasteiger partial charge in [0.2, 0.25) is 6.34 Å². The Labute approximate surface area is 54.5 Å². The first-order chi connectivity index (χ1) is 4.27. The van der Waals surface area contributed by atoms with Crippen LogP contribution in [0.3, 0.4) is 0 Å².